The predicted molar refractivity (Wildman–Crippen MR) is 92.0 cm³/mol. The zero-order valence-corrected chi connectivity index (χ0v) is 14.4. The molecule has 0 bridgehead atoms. The van der Waals surface area contributed by atoms with Crippen molar-refractivity contribution in [1.82, 2.24) is 14.8 Å². The first-order valence-corrected chi connectivity index (χ1v) is 8.78. The summed E-state index contributed by atoms with van der Waals surface area (Å²) in [5, 5.41) is 4.53. The van der Waals surface area contributed by atoms with E-state index in [0.717, 1.165) is 12.1 Å². The summed E-state index contributed by atoms with van der Waals surface area (Å²) in [6, 6.07) is 3.71. The van der Waals surface area contributed by atoms with Crippen molar-refractivity contribution in [3.8, 4) is 5.69 Å². The molecule has 0 saturated carbocycles. The van der Waals surface area contributed by atoms with Crippen LogP contribution in [0.25, 0.3) is 5.69 Å². The van der Waals surface area contributed by atoms with Crippen molar-refractivity contribution < 1.29 is 4.79 Å². The van der Waals surface area contributed by atoms with Crippen LogP contribution in [0.4, 0.5) is 5.69 Å². The highest BCUT2D eigenvalue weighted by Crippen LogP contribution is 2.28. The van der Waals surface area contributed by atoms with E-state index in [1.165, 1.54) is 0 Å². The Hall–Kier alpha value is -1.53. The third-order valence-electron chi connectivity index (χ3n) is 3.37. The molecule has 5 nitrogen and oxygen atoms in total. The molecule has 0 fully saturated rings. The molecule has 2 aromatic heterocycles. The van der Waals surface area contributed by atoms with Crippen molar-refractivity contribution in [2.75, 3.05) is 17.7 Å². The first-order valence-electron chi connectivity index (χ1n) is 7.12. The largest absolute Gasteiger partial charge is 0.308 e. The maximum atomic E-state index is 12.6. The van der Waals surface area contributed by atoms with E-state index >= 15 is 0 Å². The summed E-state index contributed by atoms with van der Waals surface area (Å²) in [5.74, 6) is 0.0603. The van der Waals surface area contributed by atoms with E-state index < -0.39 is 0 Å². The number of anilines is 1. The standard InChI is InChI=1S/C15H19ClN4OS/c1-4-13(22-3)15(21)19(5-2)12-10-20(18-14(12)16)11-7-6-8-17-9-11/h6-10,13H,4-5H2,1-3H3. The molecule has 0 radical (unpaired) electrons. The van der Waals surface area contributed by atoms with Crippen LogP contribution in [0.5, 0.6) is 0 Å². The van der Waals surface area contributed by atoms with Gasteiger partial charge < -0.3 is 4.90 Å². The number of rotatable bonds is 6. The van der Waals surface area contributed by atoms with E-state index in [0.29, 0.717) is 17.4 Å². The van der Waals surface area contributed by atoms with Crippen LogP contribution in [-0.2, 0) is 4.79 Å². The van der Waals surface area contributed by atoms with Gasteiger partial charge in [0.05, 0.1) is 23.3 Å². The Morgan fingerprint density at radius 1 is 1.50 bits per heavy atom. The minimum atomic E-state index is -0.0715. The highest BCUT2D eigenvalue weighted by atomic mass is 35.5. The number of hydrogen-bond acceptors (Lipinski definition) is 4. The van der Waals surface area contributed by atoms with E-state index in [-0.39, 0.29) is 11.2 Å². The van der Waals surface area contributed by atoms with Crippen LogP contribution in [0.1, 0.15) is 20.3 Å². The molecule has 1 amide bonds. The molecule has 2 rings (SSSR count). The fraction of sp³-hybridized carbons (Fsp3) is 0.400. The van der Waals surface area contributed by atoms with Crippen molar-refractivity contribution in [3.63, 3.8) is 0 Å². The molecule has 0 spiro atoms. The molecule has 7 heteroatoms. The normalized spacial score (nSPS) is 12.2. The van der Waals surface area contributed by atoms with E-state index in [1.807, 2.05) is 32.2 Å². The zero-order chi connectivity index (χ0) is 16.1. The Kier molecular flexibility index (Phi) is 5.85. The fourth-order valence-electron chi connectivity index (χ4n) is 2.21. The molecule has 0 saturated heterocycles. The average Bonchev–Trinajstić information content (AvgIpc) is 2.92. The lowest BCUT2D eigenvalue weighted by Gasteiger charge is -2.23. The van der Waals surface area contributed by atoms with Crippen molar-refractivity contribution in [1.29, 1.82) is 0 Å². The average molecular weight is 339 g/mol. The fourth-order valence-corrected chi connectivity index (χ4v) is 3.10. The van der Waals surface area contributed by atoms with Gasteiger partial charge in [0, 0.05) is 12.7 Å². The van der Waals surface area contributed by atoms with E-state index in [1.54, 1.807) is 39.9 Å². The molecule has 0 aliphatic rings. The lowest BCUT2D eigenvalue weighted by atomic mass is 10.2. The molecule has 22 heavy (non-hydrogen) atoms. The topological polar surface area (TPSA) is 51.0 Å². The number of carbonyl (C=O) groups is 1. The summed E-state index contributed by atoms with van der Waals surface area (Å²) in [6.45, 7) is 4.49. The SMILES string of the molecule is CCC(SC)C(=O)N(CC)c1cn(-c2cccnc2)nc1Cl. The second-order valence-electron chi connectivity index (χ2n) is 4.68. The lowest BCUT2D eigenvalue weighted by Crippen LogP contribution is -2.37. The third-order valence-corrected chi connectivity index (χ3v) is 4.74. The quantitative estimate of drug-likeness (QED) is 0.809. The number of pyridine rings is 1. The molecule has 0 aliphatic carbocycles. The second kappa shape index (κ2) is 7.65. The van der Waals surface area contributed by atoms with Crippen molar-refractivity contribution in [2.24, 2.45) is 0 Å². The Bertz CT molecular complexity index is 628. The molecule has 2 heterocycles. The van der Waals surface area contributed by atoms with Gasteiger partial charge in [-0.15, -0.1) is 0 Å². The second-order valence-corrected chi connectivity index (χ2v) is 6.07. The number of nitrogens with zero attached hydrogens (tertiary/aromatic N) is 4. The summed E-state index contributed by atoms with van der Waals surface area (Å²) in [4.78, 5) is 18.4. The van der Waals surface area contributed by atoms with Gasteiger partial charge in [0.25, 0.3) is 0 Å². The minimum absolute atomic E-state index is 0.0603. The number of aromatic nitrogens is 3. The van der Waals surface area contributed by atoms with Crippen LogP contribution in [0.15, 0.2) is 30.7 Å². The van der Waals surface area contributed by atoms with Gasteiger partial charge in [-0.05, 0) is 31.7 Å². The Balaban J connectivity index is 2.34. The summed E-state index contributed by atoms with van der Waals surface area (Å²) >= 11 is 7.80. The number of hydrogen-bond donors (Lipinski definition) is 0. The van der Waals surface area contributed by atoms with Gasteiger partial charge in [-0.25, -0.2) is 4.68 Å². The van der Waals surface area contributed by atoms with Crippen LogP contribution in [0, 0.1) is 0 Å². The van der Waals surface area contributed by atoms with Gasteiger partial charge in [-0.1, -0.05) is 18.5 Å². The molecule has 118 valence electrons. The van der Waals surface area contributed by atoms with Crippen LogP contribution < -0.4 is 4.90 Å². The summed E-state index contributed by atoms with van der Waals surface area (Å²) in [5.41, 5.74) is 1.43. The monoisotopic (exact) mass is 338 g/mol. The highest BCUT2D eigenvalue weighted by Gasteiger charge is 2.25. The highest BCUT2D eigenvalue weighted by molar-refractivity contribution is 7.99. The maximum absolute atomic E-state index is 12.6. The molecule has 0 aliphatic heterocycles. The van der Waals surface area contributed by atoms with Gasteiger partial charge in [0.1, 0.15) is 5.69 Å². The van der Waals surface area contributed by atoms with E-state index in [9.17, 15) is 4.79 Å². The number of thioether (sulfide) groups is 1. The lowest BCUT2D eigenvalue weighted by molar-refractivity contribution is -0.118. The van der Waals surface area contributed by atoms with Crippen molar-refractivity contribution in [3.05, 3.63) is 35.9 Å². The predicted octanol–water partition coefficient (Wildman–Crippen LogP) is 3.42. The van der Waals surface area contributed by atoms with E-state index in [2.05, 4.69) is 10.1 Å². The number of carbonyl (C=O) groups excluding carboxylic acids is 1. The maximum Gasteiger partial charge on any atom is 0.240 e. The molecule has 1 atom stereocenters. The van der Waals surface area contributed by atoms with Crippen molar-refractivity contribution >= 4 is 35.0 Å². The third kappa shape index (κ3) is 3.44. The first-order chi connectivity index (χ1) is 10.6. The summed E-state index contributed by atoms with van der Waals surface area (Å²) < 4.78 is 1.64. The number of amides is 1. The molecular formula is C15H19ClN4OS. The Morgan fingerprint density at radius 3 is 2.82 bits per heavy atom. The summed E-state index contributed by atoms with van der Waals surface area (Å²) in [7, 11) is 0. The Morgan fingerprint density at radius 2 is 2.27 bits per heavy atom. The summed E-state index contributed by atoms with van der Waals surface area (Å²) in [6.07, 6.45) is 7.89. The molecular weight excluding hydrogens is 320 g/mol. The zero-order valence-electron chi connectivity index (χ0n) is 12.9. The van der Waals surface area contributed by atoms with Crippen LogP contribution >= 0.6 is 23.4 Å². The Labute approximate surface area is 139 Å². The van der Waals surface area contributed by atoms with Gasteiger partial charge in [0.2, 0.25) is 5.91 Å². The smallest absolute Gasteiger partial charge is 0.240 e. The molecule has 1 unspecified atom stereocenters. The molecule has 0 N–H and O–H groups in total. The van der Waals surface area contributed by atoms with Gasteiger partial charge in [0.15, 0.2) is 5.15 Å². The van der Waals surface area contributed by atoms with Crippen LogP contribution in [0.2, 0.25) is 5.15 Å². The van der Waals surface area contributed by atoms with Gasteiger partial charge in [-0.3, -0.25) is 9.78 Å². The molecule has 2 aromatic rings. The van der Waals surface area contributed by atoms with Crippen LogP contribution in [-0.4, -0.2) is 38.7 Å². The minimum Gasteiger partial charge on any atom is -0.308 e. The first kappa shape index (κ1) is 16.8. The van der Waals surface area contributed by atoms with Crippen LogP contribution in [0.3, 0.4) is 0 Å². The van der Waals surface area contributed by atoms with Gasteiger partial charge >= 0.3 is 0 Å². The number of halogens is 1. The van der Waals surface area contributed by atoms with E-state index in [4.69, 9.17) is 11.6 Å². The molecule has 0 aromatic carbocycles. The van der Waals surface area contributed by atoms with Gasteiger partial charge in [-0.2, -0.15) is 16.9 Å². The van der Waals surface area contributed by atoms with Crippen molar-refractivity contribution in [2.45, 2.75) is 25.5 Å².